The normalized spacial score (nSPS) is 10.3. The lowest BCUT2D eigenvalue weighted by atomic mass is 10.2. The zero-order valence-corrected chi connectivity index (χ0v) is 6.23. The Kier molecular flexibility index (Phi) is 1.33. The Labute approximate surface area is 68.7 Å². The fraction of sp³-hybridized carbons (Fsp3) is 0. The van der Waals surface area contributed by atoms with E-state index in [1.54, 1.807) is 12.3 Å². The molecule has 0 aliphatic rings. The van der Waals surface area contributed by atoms with Crippen LogP contribution in [0.1, 0.15) is 0 Å². The number of hydrogen-bond donors (Lipinski definition) is 2. The Morgan fingerprint density at radius 2 is 2.17 bits per heavy atom. The lowest BCUT2D eigenvalue weighted by molar-refractivity contribution is 0.478. The highest BCUT2D eigenvalue weighted by atomic mass is 16.3. The van der Waals surface area contributed by atoms with Gasteiger partial charge in [0.25, 0.3) is 0 Å². The van der Waals surface area contributed by atoms with Crippen molar-refractivity contribution >= 4 is 16.6 Å². The van der Waals surface area contributed by atoms with Crippen LogP contribution in [0.4, 0.5) is 5.69 Å². The van der Waals surface area contributed by atoms with Crippen LogP contribution in [-0.4, -0.2) is 15.1 Å². The van der Waals surface area contributed by atoms with Crippen molar-refractivity contribution in [2.45, 2.75) is 0 Å². The molecule has 0 unspecified atom stereocenters. The smallest absolute Gasteiger partial charge is 0.140 e. The summed E-state index contributed by atoms with van der Waals surface area (Å²) < 4.78 is 0. The van der Waals surface area contributed by atoms with E-state index in [-0.39, 0.29) is 5.75 Å². The van der Waals surface area contributed by atoms with Crippen LogP contribution in [0, 0.1) is 0 Å². The van der Waals surface area contributed by atoms with Crippen LogP contribution in [-0.2, 0) is 0 Å². The molecule has 12 heavy (non-hydrogen) atoms. The number of nitrogens with zero attached hydrogens (tertiary/aromatic N) is 2. The topological polar surface area (TPSA) is 72.0 Å². The Morgan fingerprint density at radius 3 is 3.00 bits per heavy atom. The van der Waals surface area contributed by atoms with Crippen LogP contribution in [0.2, 0.25) is 0 Å². The third kappa shape index (κ3) is 0.934. The zero-order chi connectivity index (χ0) is 8.55. The van der Waals surface area contributed by atoms with Gasteiger partial charge >= 0.3 is 0 Å². The predicted molar refractivity (Wildman–Crippen MR) is 45.6 cm³/mol. The summed E-state index contributed by atoms with van der Waals surface area (Å²) in [5.74, 6) is 0.0567. The van der Waals surface area contributed by atoms with Crippen LogP contribution >= 0.6 is 0 Å². The van der Waals surface area contributed by atoms with Gasteiger partial charge in [-0.05, 0) is 6.07 Å². The highest BCUT2D eigenvalue weighted by Crippen LogP contribution is 2.24. The summed E-state index contributed by atoms with van der Waals surface area (Å²) in [5, 5.41) is 10.1. The molecule has 2 aromatic rings. The van der Waals surface area contributed by atoms with Gasteiger partial charge in [-0.25, -0.2) is 9.97 Å². The van der Waals surface area contributed by atoms with Crippen LogP contribution in [0.3, 0.4) is 0 Å². The minimum atomic E-state index is 0.0567. The first kappa shape index (κ1) is 6.84. The number of fused-ring (bicyclic) bond motifs is 1. The first-order chi connectivity index (χ1) is 5.77. The van der Waals surface area contributed by atoms with Crippen molar-refractivity contribution in [1.82, 2.24) is 9.97 Å². The SMILES string of the molecule is Nc1cc2cncnc2cc1O. The molecule has 1 heterocycles. The molecule has 0 saturated carbocycles. The van der Waals surface area contributed by atoms with Crippen molar-refractivity contribution in [3.8, 4) is 5.75 Å². The van der Waals surface area contributed by atoms with Gasteiger partial charge in [-0.3, -0.25) is 0 Å². The van der Waals surface area contributed by atoms with Gasteiger partial charge < -0.3 is 10.8 Å². The molecule has 0 fully saturated rings. The number of rotatable bonds is 0. The molecule has 0 spiro atoms. The number of aromatic hydroxyl groups is 1. The molecule has 4 heteroatoms. The predicted octanol–water partition coefficient (Wildman–Crippen LogP) is 0.918. The summed E-state index contributed by atoms with van der Waals surface area (Å²) in [7, 11) is 0. The molecule has 4 nitrogen and oxygen atoms in total. The summed E-state index contributed by atoms with van der Waals surface area (Å²) in [4.78, 5) is 7.79. The van der Waals surface area contributed by atoms with E-state index in [0.717, 1.165) is 5.39 Å². The maximum atomic E-state index is 9.23. The van der Waals surface area contributed by atoms with E-state index in [0.29, 0.717) is 11.2 Å². The molecular weight excluding hydrogens is 154 g/mol. The van der Waals surface area contributed by atoms with Crippen molar-refractivity contribution in [2.75, 3.05) is 5.73 Å². The van der Waals surface area contributed by atoms with Crippen molar-refractivity contribution < 1.29 is 5.11 Å². The maximum Gasteiger partial charge on any atom is 0.140 e. The molecule has 3 N–H and O–H groups in total. The van der Waals surface area contributed by atoms with Gasteiger partial charge in [0.1, 0.15) is 12.1 Å². The summed E-state index contributed by atoms with van der Waals surface area (Å²) in [5.41, 5.74) is 6.52. The molecular formula is C8H7N3O. The number of hydrogen-bond acceptors (Lipinski definition) is 4. The van der Waals surface area contributed by atoms with Crippen molar-refractivity contribution in [2.24, 2.45) is 0 Å². The first-order valence-electron chi connectivity index (χ1n) is 3.45. The van der Waals surface area contributed by atoms with E-state index in [2.05, 4.69) is 9.97 Å². The number of aromatic nitrogens is 2. The monoisotopic (exact) mass is 161 g/mol. The Hall–Kier alpha value is -1.84. The number of anilines is 1. The van der Waals surface area contributed by atoms with Gasteiger partial charge in [-0.2, -0.15) is 0 Å². The highest BCUT2D eigenvalue weighted by Gasteiger charge is 1.99. The lowest BCUT2D eigenvalue weighted by Crippen LogP contribution is -1.87. The number of benzene rings is 1. The summed E-state index contributed by atoms with van der Waals surface area (Å²) in [6.07, 6.45) is 3.08. The van der Waals surface area contributed by atoms with E-state index >= 15 is 0 Å². The quantitative estimate of drug-likeness (QED) is 0.445. The third-order valence-corrected chi connectivity index (χ3v) is 1.65. The Morgan fingerprint density at radius 1 is 1.33 bits per heavy atom. The average Bonchev–Trinajstić information content (AvgIpc) is 2.07. The molecule has 60 valence electrons. The van der Waals surface area contributed by atoms with Crippen LogP contribution in [0.15, 0.2) is 24.7 Å². The second-order valence-electron chi connectivity index (χ2n) is 2.49. The Bertz CT molecular complexity index is 387. The second-order valence-corrected chi connectivity index (χ2v) is 2.49. The van der Waals surface area contributed by atoms with Gasteiger partial charge in [-0.15, -0.1) is 0 Å². The summed E-state index contributed by atoms with van der Waals surface area (Å²) in [6.45, 7) is 0. The van der Waals surface area contributed by atoms with E-state index < -0.39 is 0 Å². The van der Waals surface area contributed by atoms with E-state index in [4.69, 9.17) is 5.73 Å². The van der Waals surface area contributed by atoms with E-state index in [1.165, 1.54) is 12.4 Å². The fourth-order valence-corrected chi connectivity index (χ4v) is 1.04. The average molecular weight is 161 g/mol. The molecule has 1 aromatic carbocycles. The second kappa shape index (κ2) is 2.34. The lowest BCUT2D eigenvalue weighted by Gasteiger charge is -1.99. The molecule has 0 bridgehead atoms. The number of phenols is 1. The highest BCUT2D eigenvalue weighted by molar-refractivity contribution is 5.83. The minimum Gasteiger partial charge on any atom is -0.506 e. The summed E-state index contributed by atoms with van der Waals surface area (Å²) in [6, 6.07) is 3.16. The van der Waals surface area contributed by atoms with Gasteiger partial charge in [0.15, 0.2) is 0 Å². The largest absolute Gasteiger partial charge is 0.506 e. The standard InChI is InChI=1S/C8H7N3O/c9-6-1-5-3-10-4-11-7(5)2-8(6)12/h1-4,12H,9H2. The number of nitrogens with two attached hydrogens (primary N) is 1. The van der Waals surface area contributed by atoms with Gasteiger partial charge in [0, 0.05) is 17.6 Å². The van der Waals surface area contributed by atoms with E-state index in [1.807, 2.05) is 0 Å². The van der Waals surface area contributed by atoms with Crippen molar-refractivity contribution in [1.29, 1.82) is 0 Å². The molecule has 0 atom stereocenters. The van der Waals surface area contributed by atoms with Crippen LogP contribution in [0.5, 0.6) is 5.75 Å². The van der Waals surface area contributed by atoms with E-state index in [9.17, 15) is 5.11 Å². The molecule has 0 aliphatic heterocycles. The molecule has 1 aromatic heterocycles. The molecule has 0 radical (unpaired) electrons. The maximum absolute atomic E-state index is 9.23. The number of phenolic OH excluding ortho intramolecular Hbond substituents is 1. The van der Waals surface area contributed by atoms with Gasteiger partial charge in [0.05, 0.1) is 11.2 Å². The number of nitrogen functional groups attached to an aromatic ring is 1. The zero-order valence-electron chi connectivity index (χ0n) is 6.23. The van der Waals surface area contributed by atoms with Gasteiger partial charge in [0.2, 0.25) is 0 Å². The van der Waals surface area contributed by atoms with Crippen LogP contribution in [0.25, 0.3) is 10.9 Å². The molecule has 2 rings (SSSR count). The minimum absolute atomic E-state index is 0.0567. The van der Waals surface area contributed by atoms with Gasteiger partial charge in [-0.1, -0.05) is 0 Å². The molecule has 0 amide bonds. The molecule has 0 aliphatic carbocycles. The molecule has 0 saturated heterocycles. The summed E-state index contributed by atoms with van der Waals surface area (Å²) >= 11 is 0. The Balaban J connectivity index is 2.84. The van der Waals surface area contributed by atoms with Crippen LogP contribution < -0.4 is 5.73 Å². The first-order valence-corrected chi connectivity index (χ1v) is 3.45. The van der Waals surface area contributed by atoms with Crippen molar-refractivity contribution in [3.05, 3.63) is 24.7 Å². The van der Waals surface area contributed by atoms with Crippen molar-refractivity contribution in [3.63, 3.8) is 0 Å². The fourth-order valence-electron chi connectivity index (χ4n) is 1.04. The third-order valence-electron chi connectivity index (χ3n) is 1.65.